The average molecular weight is 623 g/mol. The number of hydrogen-bond acceptors (Lipinski definition) is 8. The average Bonchev–Trinajstić information content (AvgIpc) is 3.00. The second-order valence-electron chi connectivity index (χ2n) is 12.2. The zero-order valence-corrected chi connectivity index (χ0v) is 25.0. The van der Waals surface area contributed by atoms with Crippen LogP contribution in [-0.2, 0) is 15.8 Å². The molecule has 0 aliphatic heterocycles. The van der Waals surface area contributed by atoms with Crippen LogP contribution in [0, 0.1) is 30.1 Å². The summed E-state index contributed by atoms with van der Waals surface area (Å²) in [5.41, 5.74) is 0.0319. The van der Waals surface area contributed by atoms with E-state index in [2.05, 4.69) is 31.2 Å². The van der Waals surface area contributed by atoms with E-state index < -0.39 is 28.9 Å². The zero-order valence-electron chi connectivity index (χ0n) is 25.0. The number of para-hydroxylation sites is 1. The van der Waals surface area contributed by atoms with Crippen LogP contribution in [0.3, 0.4) is 0 Å². The van der Waals surface area contributed by atoms with Gasteiger partial charge in [0, 0.05) is 36.8 Å². The number of nitrogens with zero attached hydrogens (tertiary/aromatic N) is 2. The Hall–Kier alpha value is -4.68. The minimum Gasteiger partial charge on any atom is -0.494 e. The molecule has 4 saturated carbocycles. The number of carbonyl (C=O) groups excluding carboxylic acids is 3. The summed E-state index contributed by atoms with van der Waals surface area (Å²) in [6.45, 7) is 1.66. The van der Waals surface area contributed by atoms with E-state index in [0.29, 0.717) is 53.4 Å². The number of benzene rings is 2. The highest BCUT2D eigenvalue weighted by molar-refractivity contribution is 6.01. The van der Waals surface area contributed by atoms with E-state index in [1.807, 2.05) is 0 Å². The van der Waals surface area contributed by atoms with Crippen molar-refractivity contribution in [3.8, 4) is 5.75 Å². The third-order valence-electron chi connectivity index (χ3n) is 9.26. The van der Waals surface area contributed by atoms with Crippen LogP contribution in [0.4, 0.5) is 42.0 Å². The number of ether oxygens (including phenoxy) is 1. The van der Waals surface area contributed by atoms with Crippen LogP contribution < -0.4 is 26.0 Å². The molecule has 10 nitrogen and oxygen atoms in total. The number of alkyl halides is 3. The lowest BCUT2D eigenvalue weighted by Gasteiger charge is -2.54. The molecule has 7 rings (SSSR count). The Morgan fingerprint density at radius 3 is 2.44 bits per heavy atom. The zero-order chi connectivity index (χ0) is 32.1. The van der Waals surface area contributed by atoms with Gasteiger partial charge in [0.15, 0.2) is 0 Å². The normalized spacial score (nSPS) is 23.4. The van der Waals surface area contributed by atoms with Crippen molar-refractivity contribution < 1.29 is 32.3 Å². The number of halogens is 3. The fraction of sp³-hybridized carbons (Fsp3) is 0.406. The predicted octanol–water partition coefficient (Wildman–Crippen LogP) is 5.99. The molecule has 0 spiro atoms. The highest BCUT2D eigenvalue weighted by atomic mass is 19.4. The molecule has 2 unspecified atom stereocenters. The molecule has 4 N–H and O–H groups in total. The van der Waals surface area contributed by atoms with E-state index in [0.717, 1.165) is 19.3 Å². The number of methoxy groups -OCH3 is 1. The minimum atomic E-state index is -4.78. The smallest absolute Gasteiger partial charge is 0.421 e. The lowest BCUT2D eigenvalue weighted by molar-refractivity contribution is -0.154. The summed E-state index contributed by atoms with van der Waals surface area (Å²) in [6, 6.07) is 9.66. The van der Waals surface area contributed by atoms with Crippen molar-refractivity contribution in [3.05, 3.63) is 59.3 Å². The number of hydrogen-bond donors (Lipinski definition) is 4. The summed E-state index contributed by atoms with van der Waals surface area (Å²) in [5.74, 6) is -0.350. The second-order valence-corrected chi connectivity index (χ2v) is 12.2. The van der Waals surface area contributed by atoms with Crippen molar-refractivity contribution in [2.24, 2.45) is 23.2 Å². The van der Waals surface area contributed by atoms with Crippen molar-refractivity contribution in [1.82, 2.24) is 15.3 Å². The van der Waals surface area contributed by atoms with Crippen LogP contribution in [0.5, 0.6) is 5.75 Å². The quantitative estimate of drug-likeness (QED) is 0.241. The standard InChI is InChI=1S/C32H33F3N6O4/c1-16-5-4-6-21(28(43)36-2)25(16)40-27-22(32(33,34)35)15-37-30(41-27)39-23-8-7-20(11-24(23)45-3)38-29(44)31-12-17-9-18(13-31)26(42)19(10-17)14-31/h4-8,11,15,17-19H,9-10,12-14H2,1-3H3,(H,36,43)(H,38,44)(H2,37,39,40,41). The molecule has 4 fully saturated rings. The Balaban J connectivity index is 1.25. The molecule has 4 bridgehead atoms. The summed E-state index contributed by atoms with van der Waals surface area (Å²) < 4.78 is 47.4. The molecule has 0 radical (unpaired) electrons. The van der Waals surface area contributed by atoms with Crippen LogP contribution in [0.15, 0.2) is 42.6 Å². The van der Waals surface area contributed by atoms with Gasteiger partial charge in [-0.2, -0.15) is 18.2 Å². The summed E-state index contributed by atoms with van der Waals surface area (Å²) in [5, 5.41) is 11.1. The van der Waals surface area contributed by atoms with Gasteiger partial charge in [-0.1, -0.05) is 12.1 Å². The molecule has 2 amide bonds. The molecule has 236 valence electrons. The van der Waals surface area contributed by atoms with E-state index >= 15 is 0 Å². The molecule has 2 atom stereocenters. The number of Topliss-reactive ketones (excluding diaryl/α,β-unsaturated/α-hetero) is 1. The summed E-state index contributed by atoms with van der Waals surface area (Å²) in [7, 11) is 2.85. The van der Waals surface area contributed by atoms with Gasteiger partial charge in [-0.15, -0.1) is 0 Å². The second kappa shape index (κ2) is 11.4. The third-order valence-corrected chi connectivity index (χ3v) is 9.26. The maximum Gasteiger partial charge on any atom is 0.421 e. The van der Waals surface area contributed by atoms with E-state index in [1.54, 1.807) is 37.3 Å². The Morgan fingerprint density at radius 2 is 1.78 bits per heavy atom. The Morgan fingerprint density at radius 1 is 1.04 bits per heavy atom. The van der Waals surface area contributed by atoms with Crippen LogP contribution in [0.1, 0.15) is 53.6 Å². The molecule has 0 saturated heterocycles. The molecule has 2 aromatic carbocycles. The molecule has 1 heterocycles. The molecule has 45 heavy (non-hydrogen) atoms. The predicted molar refractivity (Wildman–Crippen MR) is 161 cm³/mol. The van der Waals surface area contributed by atoms with Gasteiger partial charge >= 0.3 is 6.18 Å². The Labute approximate surface area is 257 Å². The van der Waals surface area contributed by atoms with E-state index in [4.69, 9.17) is 4.74 Å². The first-order valence-electron chi connectivity index (χ1n) is 14.7. The van der Waals surface area contributed by atoms with Gasteiger partial charge in [-0.05, 0) is 68.7 Å². The summed E-state index contributed by atoms with van der Waals surface area (Å²) >= 11 is 0. The fourth-order valence-corrected chi connectivity index (χ4v) is 7.30. The van der Waals surface area contributed by atoms with Crippen molar-refractivity contribution in [2.75, 3.05) is 30.1 Å². The molecular formula is C32H33F3N6O4. The number of ketones is 1. The van der Waals surface area contributed by atoms with Crippen molar-refractivity contribution >= 4 is 46.4 Å². The number of aryl methyl sites for hydroxylation is 1. The van der Waals surface area contributed by atoms with E-state index in [-0.39, 0.29) is 34.9 Å². The third kappa shape index (κ3) is 5.67. The largest absolute Gasteiger partial charge is 0.494 e. The van der Waals surface area contributed by atoms with Crippen molar-refractivity contribution in [1.29, 1.82) is 0 Å². The van der Waals surface area contributed by atoms with Gasteiger partial charge in [0.05, 0.1) is 29.5 Å². The van der Waals surface area contributed by atoms with Gasteiger partial charge in [0.2, 0.25) is 11.9 Å². The molecule has 1 aromatic heterocycles. The monoisotopic (exact) mass is 622 g/mol. The van der Waals surface area contributed by atoms with Gasteiger partial charge in [-0.3, -0.25) is 14.4 Å². The van der Waals surface area contributed by atoms with E-state index in [1.165, 1.54) is 20.2 Å². The molecule has 4 aliphatic rings. The first-order valence-corrected chi connectivity index (χ1v) is 14.7. The van der Waals surface area contributed by atoms with Gasteiger partial charge in [0.1, 0.15) is 22.9 Å². The number of nitrogens with one attached hydrogen (secondary N) is 4. The molecule has 4 aliphatic carbocycles. The van der Waals surface area contributed by atoms with Gasteiger partial charge in [-0.25, -0.2) is 4.98 Å². The molecule has 13 heteroatoms. The highest BCUT2D eigenvalue weighted by Crippen LogP contribution is 2.59. The number of carbonyl (C=O) groups is 3. The number of amides is 2. The fourth-order valence-electron chi connectivity index (χ4n) is 7.30. The van der Waals surface area contributed by atoms with Crippen LogP contribution in [-0.4, -0.2) is 41.7 Å². The summed E-state index contributed by atoms with van der Waals surface area (Å²) in [4.78, 5) is 46.5. The lowest BCUT2D eigenvalue weighted by atomic mass is 9.49. The van der Waals surface area contributed by atoms with E-state index in [9.17, 15) is 27.6 Å². The topological polar surface area (TPSA) is 134 Å². The van der Waals surface area contributed by atoms with Gasteiger partial charge < -0.3 is 26.0 Å². The molecule has 3 aromatic rings. The first-order chi connectivity index (χ1) is 21.4. The Bertz CT molecular complexity index is 1680. The maximum absolute atomic E-state index is 14.0. The minimum absolute atomic E-state index is 0.0348. The number of anilines is 5. The Kier molecular flexibility index (Phi) is 7.66. The van der Waals surface area contributed by atoms with Crippen molar-refractivity contribution in [3.63, 3.8) is 0 Å². The van der Waals surface area contributed by atoms with Gasteiger partial charge in [0.25, 0.3) is 5.91 Å². The molecular weight excluding hydrogens is 589 g/mol. The number of aromatic nitrogens is 2. The SMILES string of the molecule is CNC(=O)c1cccc(C)c1Nc1nc(Nc2ccc(NC(=O)C34CC5CC(C3)C(=O)C(C5)C4)cc2OC)ncc1C(F)(F)F. The number of rotatable bonds is 8. The first kappa shape index (κ1) is 30.4. The van der Waals surface area contributed by atoms with Crippen LogP contribution in [0.25, 0.3) is 0 Å². The van der Waals surface area contributed by atoms with Crippen LogP contribution >= 0.6 is 0 Å². The maximum atomic E-state index is 14.0. The lowest BCUT2D eigenvalue weighted by Crippen LogP contribution is -2.55. The van der Waals surface area contributed by atoms with Crippen LogP contribution in [0.2, 0.25) is 0 Å². The summed E-state index contributed by atoms with van der Waals surface area (Å²) in [6.07, 6.45) is -0.425. The highest BCUT2D eigenvalue weighted by Gasteiger charge is 2.58. The van der Waals surface area contributed by atoms with Crippen molar-refractivity contribution in [2.45, 2.75) is 45.2 Å².